The van der Waals surface area contributed by atoms with Crippen molar-refractivity contribution in [3.63, 3.8) is 0 Å². The molecule has 0 aromatic heterocycles. The van der Waals surface area contributed by atoms with E-state index in [1.165, 1.54) is 18.2 Å². The van der Waals surface area contributed by atoms with Gasteiger partial charge in [0.15, 0.2) is 0 Å². The minimum atomic E-state index is -3.70. The van der Waals surface area contributed by atoms with E-state index < -0.39 is 20.8 Å². The standard InChI is InChI=1S/C11H13Cl2FO2S/c1-7(2)8(6-17(13,15)16)11-9(12)4-3-5-10(11)14/h3-5,7-8H,6H2,1-2H3. The van der Waals surface area contributed by atoms with Crippen molar-refractivity contribution >= 4 is 31.3 Å². The second-order valence-corrected chi connectivity index (χ2v) is 7.42. The average molecular weight is 299 g/mol. The molecule has 1 unspecified atom stereocenters. The van der Waals surface area contributed by atoms with Crippen LogP contribution in [0.15, 0.2) is 18.2 Å². The Labute approximate surface area is 110 Å². The van der Waals surface area contributed by atoms with Crippen LogP contribution in [0.4, 0.5) is 4.39 Å². The minimum Gasteiger partial charge on any atom is -0.212 e. The van der Waals surface area contributed by atoms with E-state index in [1.54, 1.807) is 13.8 Å². The molecule has 0 heterocycles. The van der Waals surface area contributed by atoms with Crippen molar-refractivity contribution in [2.75, 3.05) is 5.75 Å². The maximum absolute atomic E-state index is 13.7. The summed E-state index contributed by atoms with van der Waals surface area (Å²) in [5.74, 6) is -1.46. The third kappa shape index (κ3) is 4.12. The summed E-state index contributed by atoms with van der Waals surface area (Å²) in [7, 11) is 1.53. The highest BCUT2D eigenvalue weighted by atomic mass is 35.7. The van der Waals surface area contributed by atoms with Gasteiger partial charge >= 0.3 is 0 Å². The molecule has 96 valence electrons. The van der Waals surface area contributed by atoms with E-state index in [4.69, 9.17) is 22.3 Å². The highest BCUT2D eigenvalue weighted by Crippen LogP contribution is 2.34. The van der Waals surface area contributed by atoms with E-state index in [9.17, 15) is 12.8 Å². The van der Waals surface area contributed by atoms with Crippen LogP contribution < -0.4 is 0 Å². The predicted molar refractivity (Wildman–Crippen MR) is 68.6 cm³/mol. The molecule has 1 aromatic rings. The molecule has 0 aliphatic rings. The molecule has 0 amide bonds. The summed E-state index contributed by atoms with van der Waals surface area (Å²) in [4.78, 5) is 0. The van der Waals surface area contributed by atoms with Crippen LogP contribution in [0.1, 0.15) is 25.3 Å². The zero-order valence-electron chi connectivity index (χ0n) is 9.45. The maximum Gasteiger partial charge on any atom is 0.233 e. The summed E-state index contributed by atoms with van der Waals surface area (Å²) in [5.41, 5.74) is 0.216. The van der Waals surface area contributed by atoms with E-state index in [-0.39, 0.29) is 22.3 Å². The largest absolute Gasteiger partial charge is 0.233 e. The molecule has 0 spiro atoms. The van der Waals surface area contributed by atoms with Crippen LogP contribution in [-0.4, -0.2) is 14.2 Å². The predicted octanol–water partition coefficient (Wildman–Crippen LogP) is 3.79. The van der Waals surface area contributed by atoms with Crippen LogP contribution in [0.5, 0.6) is 0 Å². The lowest BCUT2D eigenvalue weighted by atomic mass is 9.90. The van der Waals surface area contributed by atoms with Gasteiger partial charge in [-0.1, -0.05) is 31.5 Å². The van der Waals surface area contributed by atoms with Crippen LogP contribution >= 0.6 is 22.3 Å². The van der Waals surface area contributed by atoms with Crippen LogP contribution in [0.25, 0.3) is 0 Å². The third-order valence-electron chi connectivity index (χ3n) is 2.55. The second kappa shape index (κ2) is 5.55. The Morgan fingerprint density at radius 3 is 2.35 bits per heavy atom. The molecule has 1 aromatic carbocycles. The highest BCUT2D eigenvalue weighted by molar-refractivity contribution is 8.13. The Hall–Kier alpha value is -0.320. The molecule has 6 heteroatoms. The van der Waals surface area contributed by atoms with E-state index in [0.29, 0.717) is 0 Å². The smallest absolute Gasteiger partial charge is 0.212 e. The van der Waals surface area contributed by atoms with Crippen LogP contribution in [0.3, 0.4) is 0 Å². The van der Waals surface area contributed by atoms with Crippen LogP contribution in [0.2, 0.25) is 5.02 Å². The Bertz CT molecular complexity index is 480. The van der Waals surface area contributed by atoms with Gasteiger partial charge in [0.1, 0.15) is 5.82 Å². The van der Waals surface area contributed by atoms with Gasteiger partial charge in [-0.15, -0.1) is 0 Å². The zero-order valence-corrected chi connectivity index (χ0v) is 11.8. The first kappa shape index (κ1) is 14.7. The SMILES string of the molecule is CC(C)C(CS(=O)(=O)Cl)c1c(F)cccc1Cl. The molecule has 0 saturated heterocycles. The van der Waals surface area contributed by atoms with E-state index >= 15 is 0 Å². The lowest BCUT2D eigenvalue weighted by Gasteiger charge is -2.21. The number of benzene rings is 1. The Morgan fingerprint density at radius 2 is 1.94 bits per heavy atom. The topological polar surface area (TPSA) is 34.1 Å². The fraction of sp³-hybridized carbons (Fsp3) is 0.455. The summed E-state index contributed by atoms with van der Waals surface area (Å²) in [6, 6.07) is 4.28. The van der Waals surface area contributed by atoms with Crippen LogP contribution in [0, 0.1) is 11.7 Å². The van der Waals surface area contributed by atoms with Gasteiger partial charge in [0.25, 0.3) is 0 Å². The molecule has 0 saturated carbocycles. The lowest BCUT2D eigenvalue weighted by Crippen LogP contribution is -2.17. The maximum atomic E-state index is 13.7. The quantitative estimate of drug-likeness (QED) is 0.793. The van der Waals surface area contributed by atoms with Crippen molar-refractivity contribution < 1.29 is 12.8 Å². The molecule has 0 bridgehead atoms. The number of hydrogen-bond donors (Lipinski definition) is 0. The fourth-order valence-electron chi connectivity index (χ4n) is 1.69. The van der Waals surface area contributed by atoms with Gasteiger partial charge in [-0.05, 0) is 18.1 Å². The molecular formula is C11H13Cl2FO2S. The average Bonchev–Trinajstić information content (AvgIpc) is 2.13. The fourth-order valence-corrected chi connectivity index (χ4v) is 3.38. The molecule has 2 nitrogen and oxygen atoms in total. The zero-order chi connectivity index (χ0) is 13.2. The molecule has 0 N–H and O–H groups in total. The minimum absolute atomic E-state index is 0.0853. The summed E-state index contributed by atoms with van der Waals surface area (Å²) in [6.45, 7) is 3.60. The molecular weight excluding hydrogens is 286 g/mol. The van der Waals surface area contributed by atoms with Crippen molar-refractivity contribution in [1.29, 1.82) is 0 Å². The lowest BCUT2D eigenvalue weighted by molar-refractivity contribution is 0.497. The van der Waals surface area contributed by atoms with E-state index in [1.807, 2.05) is 0 Å². The molecule has 0 radical (unpaired) electrons. The molecule has 0 aliphatic heterocycles. The van der Waals surface area contributed by atoms with Gasteiger partial charge in [0.05, 0.1) is 5.75 Å². The van der Waals surface area contributed by atoms with E-state index in [2.05, 4.69) is 0 Å². The Morgan fingerprint density at radius 1 is 1.35 bits per heavy atom. The number of rotatable bonds is 4. The number of hydrogen-bond acceptors (Lipinski definition) is 2. The monoisotopic (exact) mass is 298 g/mol. The third-order valence-corrected chi connectivity index (χ3v) is 4.02. The van der Waals surface area contributed by atoms with Crippen molar-refractivity contribution in [3.05, 3.63) is 34.6 Å². The van der Waals surface area contributed by atoms with Gasteiger partial charge in [-0.25, -0.2) is 12.8 Å². The van der Waals surface area contributed by atoms with Crippen molar-refractivity contribution in [1.82, 2.24) is 0 Å². The molecule has 0 fully saturated rings. The summed E-state index contributed by atoms with van der Waals surface area (Å²) < 4.78 is 36.0. The van der Waals surface area contributed by atoms with Crippen molar-refractivity contribution in [2.45, 2.75) is 19.8 Å². The van der Waals surface area contributed by atoms with Crippen LogP contribution in [-0.2, 0) is 9.05 Å². The first-order chi connectivity index (χ1) is 7.72. The first-order valence-electron chi connectivity index (χ1n) is 5.08. The summed E-state index contributed by atoms with van der Waals surface area (Å²) in [5, 5.41) is 0.226. The Kier molecular flexibility index (Phi) is 4.81. The summed E-state index contributed by atoms with van der Waals surface area (Å²) >= 11 is 5.92. The van der Waals surface area contributed by atoms with E-state index in [0.717, 1.165) is 0 Å². The van der Waals surface area contributed by atoms with Gasteiger partial charge in [0.2, 0.25) is 9.05 Å². The van der Waals surface area contributed by atoms with Gasteiger partial charge in [-0.2, -0.15) is 0 Å². The normalized spacial score (nSPS) is 14.0. The Balaban J connectivity index is 3.24. The second-order valence-electron chi connectivity index (χ2n) is 4.19. The first-order valence-corrected chi connectivity index (χ1v) is 7.94. The molecule has 1 atom stereocenters. The molecule has 0 aliphatic carbocycles. The molecule has 17 heavy (non-hydrogen) atoms. The molecule has 1 rings (SSSR count). The van der Waals surface area contributed by atoms with Gasteiger partial charge in [-0.3, -0.25) is 0 Å². The van der Waals surface area contributed by atoms with Crippen molar-refractivity contribution in [3.8, 4) is 0 Å². The highest BCUT2D eigenvalue weighted by Gasteiger charge is 2.26. The number of halogens is 3. The van der Waals surface area contributed by atoms with Gasteiger partial charge in [0, 0.05) is 27.2 Å². The van der Waals surface area contributed by atoms with Crippen molar-refractivity contribution in [2.24, 2.45) is 5.92 Å². The summed E-state index contributed by atoms with van der Waals surface area (Å²) in [6.07, 6.45) is 0. The van der Waals surface area contributed by atoms with Gasteiger partial charge < -0.3 is 0 Å².